The van der Waals surface area contributed by atoms with Gasteiger partial charge in [0, 0.05) is 4.86 Å². The summed E-state index contributed by atoms with van der Waals surface area (Å²) in [5.41, 5.74) is 3.60. The molecule has 0 amide bonds. The van der Waals surface area contributed by atoms with Crippen LogP contribution in [0, 0.1) is 0 Å². The Morgan fingerprint density at radius 1 is 0.694 bits per heavy atom. The second-order valence-corrected chi connectivity index (χ2v) is 10.6. The van der Waals surface area contributed by atoms with Gasteiger partial charge in [-0.3, -0.25) is 0 Å². The Morgan fingerprint density at radius 2 is 1.28 bits per heavy atom. The lowest BCUT2D eigenvalue weighted by Gasteiger charge is -2.07. The third kappa shape index (κ3) is 14.0. The number of hydrogen-bond donors (Lipinski definition) is 0. The van der Waals surface area contributed by atoms with Gasteiger partial charge in [-0.1, -0.05) is 158 Å². The van der Waals surface area contributed by atoms with Gasteiger partial charge >= 0.3 is 0 Å². The normalized spacial score (nSPS) is 11.3. The molecule has 2 rings (SSSR count). The van der Waals surface area contributed by atoms with E-state index in [0.717, 1.165) is 41.2 Å². The van der Waals surface area contributed by atoms with Gasteiger partial charge in [0.1, 0.15) is 5.75 Å². The van der Waals surface area contributed by atoms with Crippen LogP contribution in [0.25, 0.3) is 6.08 Å². The number of aryl methyl sites for hydroxylation is 1. The van der Waals surface area contributed by atoms with Crippen molar-refractivity contribution in [3.63, 3.8) is 0 Å². The van der Waals surface area contributed by atoms with Crippen LogP contribution in [0.1, 0.15) is 127 Å². The molecule has 0 aliphatic rings. The molecule has 0 saturated heterocycles. The van der Waals surface area contributed by atoms with E-state index < -0.39 is 0 Å². The van der Waals surface area contributed by atoms with Crippen molar-refractivity contribution in [3.05, 3.63) is 71.3 Å². The molecule has 0 bridgehead atoms. The third-order valence-corrected chi connectivity index (χ3v) is 7.20. The molecule has 0 heterocycles. The van der Waals surface area contributed by atoms with Crippen molar-refractivity contribution in [3.8, 4) is 5.75 Å². The monoisotopic (exact) mass is 506 g/mol. The lowest BCUT2D eigenvalue weighted by atomic mass is 10.0. The minimum atomic E-state index is 0.799. The van der Waals surface area contributed by atoms with Crippen LogP contribution in [-0.2, 0) is 6.42 Å². The summed E-state index contributed by atoms with van der Waals surface area (Å²) < 4.78 is 6.01. The standard InChI is InChI=1S/C34H50OS/c1-3-5-6-7-8-9-10-11-12-13-14-15-16-17-28-35-33-21-18-20-31(29-33)24-27-34(36)32-25-22-30(19-4-2)23-26-32/h18,20-27,29H,3-17,19,28H2,1-2H3. The summed E-state index contributed by atoms with van der Waals surface area (Å²) in [5, 5.41) is 0. The first-order valence-electron chi connectivity index (χ1n) is 14.8. The second kappa shape index (κ2) is 20.2. The minimum Gasteiger partial charge on any atom is -0.494 e. The topological polar surface area (TPSA) is 9.23 Å². The van der Waals surface area contributed by atoms with Gasteiger partial charge in [0.2, 0.25) is 0 Å². The number of allylic oxidation sites excluding steroid dienone is 1. The molecule has 2 heteroatoms. The molecule has 0 spiro atoms. The maximum atomic E-state index is 6.01. The molecule has 2 aromatic carbocycles. The van der Waals surface area contributed by atoms with Crippen molar-refractivity contribution >= 4 is 23.2 Å². The Hall–Kier alpha value is -1.93. The Bertz CT molecular complexity index is 852. The van der Waals surface area contributed by atoms with E-state index in [1.54, 1.807) is 0 Å². The summed E-state index contributed by atoms with van der Waals surface area (Å²) in [7, 11) is 0. The molecule has 0 aliphatic heterocycles. The number of ether oxygens (including phenoxy) is 1. The summed E-state index contributed by atoms with van der Waals surface area (Å²) >= 11 is 5.62. The van der Waals surface area contributed by atoms with Crippen LogP contribution in [0.5, 0.6) is 5.75 Å². The largest absolute Gasteiger partial charge is 0.494 e. The molecular weight excluding hydrogens is 456 g/mol. The van der Waals surface area contributed by atoms with E-state index in [9.17, 15) is 0 Å². The summed E-state index contributed by atoms with van der Waals surface area (Å²) in [6.07, 6.45) is 25.7. The zero-order valence-electron chi connectivity index (χ0n) is 23.1. The first-order valence-corrected chi connectivity index (χ1v) is 15.2. The molecule has 1 nitrogen and oxygen atoms in total. The summed E-state index contributed by atoms with van der Waals surface area (Å²) in [5.74, 6) is 0.946. The number of unbranched alkanes of at least 4 members (excludes halogenated alkanes) is 13. The number of rotatable bonds is 21. The van der Waals surface area contributed by atoms with Gasteiger partial charge in [-0.05, 0) is 47.7 Å². The minimum absolute atomic E-state index is 0.799. The molecule has 0 aliphatic carbocycles. The second-order valence-electron chi connectivity index (χ2n) is 10.2. The fourth-order valence-electron chi connectivity index (χ4n) is 4.59. The highest BCUT2D eigenvalue weighted by molar-refractivity contribution is 7.81. The van der Waals surface area contributed by atoms with Gasteiger partial charge in [-0.2, -0.15) is 0 Å². The van der Waals surface area contributed by atoms with Crippen molar-refractivity contribution in [1.29, 1.82) is 0 Å². The fourth-order valence-corrected chi connectivity index (χ4v) is 4.79. The number of hydrogen-bond acceptors (Lipinski definition) is 2. The van der Waals surface area contributed by atoms with E-state index in [4.69, 9.17) is 17.0 Å². The predicted molar refractivity (Wildman–Crippen MR) is 163 cm³/mol. The van der Waals surface area contributed by atoms with Crippen LogP contribution >= 0.6 is 12.2 Å². The van der Waals surface area contributed by atoms with E-state index in [1.807, 2.05) is 12.1 Å². The van der Waals surface area contributed by atoms with E-state index >= 15 is 0 Å². The van der Waals surface area contributed by atoms with Crippen molar-refractivity contribution in [2.45, 2.75) is 117 Å². The Kier molecular flexibility index (Phi) is 17.0. The van der Waals surface area contributed by atoms with Crippen LogP contribution in [0.2, 0.25) is 0 Å². The van der Waals surface area contributed by atoms with Crippen molar-refractivity contribution in [2.24, 2.45) is 0 Å². The van der Waals surface area contributed by atoms with Crippen LogP contribution in [-0.4, -0.2) is 11.5 Å². The van der Waals surface area contributed by atoms with Gasteiger partial charge in [0.05, 0.1) is 6.61 Å². The van der Waals surface area contributed by atoms with Gasteiger partial charge in [-0.25, -0.2) is 0 Å². The molecule has 0 fully saturated rings. The molecule has 0 unspecified atom stereocenters. The molecule has 0 radical (unpaired) electrons. The van der Waals surface area contributed by atoms with Gasteiger partial charge in [0.15, 0.2) is 0 Å². The molecule has 0 saturated carbocycles. The molecule has 2 aromatic rings. The van der Waals surface area contributed by atoms with E-state index in [1.165, 1.54) is 95.5 Å². The fraction of sp³-hybridized carbons (Fsp3) is 0.559. The first-order chi connectivity index (χ1) is 17.7. The van der Waals surface area contributed by atoms with E-state index in [0.29, 0.717) is 0 Å². The number of benzene rings is 2. The smallest absolute Gasteiger partial charge is 0.119 e. The first kappa shape index (κ1) is 30.3. The lowest BCUT2D eigenvalue weighted by molar-refractivity contribution is 0.304. The van der Waals surface area contributed by atoms with Crippen LogP contribution in [0.3, 0.4) is 0 Å². The molecule has 36 heavy (non-hydrogen) atoms. The summed E-state index contributed by atoms with van der Waals surface area (Å²) in [4.78, 5) is 0.867. The van der Waals surface area contributed by atoms with Crippen LogP contribution < -0.4 is 4.74 Å². The highest BCUT2D eigenvalue weighted by Gasteiger charge is 2.00. The van der Waals surface area contributed by atoms with Crippen LogP contribution in [0.15, 0.2) is 54.6 Å². The lowest BCUT2D eigenvalue weighted by Crippen LogP contribution is -1.97. The molecule has 0 atom stereocenters. The van der Waals surface area contributed by atoms with Gasteiger partial charge in [-0.15, -0.1) is 0 Å². The Labute approximate surface area is 227 Å². The zero-order valence-corrected chi connectivity index (χ0v) is 23.9. The molecular formula is C34H50OS. The molecule has 198 valence electrons. The Morgan fingerprint density at radius 3 is 1.86 bits per heavy atom. The highest BCUT2D eigenvalue weighted by Crippen LogP contribution is 2.17. The van der Waals surface area contributed by atoms with Crippen molar-refractivity contribution < 1.29 is 4.74 Å². The maximum Gasteiger partial charge on any atom is 0.119 e. The van der Waals surface area contributed by atoms with Crippen molar-refractivity contribution in [2.75, 3.05) is 6.61 Å². The SMILES string of the molecule is CCCCCCCCCCCCCCCCOc1cccc(C=CC(=S)c2ccc(CCC)cc2)c1. The quantitative estimate of drug-likeness (QED) is 0.0720. The maximum absolute atomic E-state index is 6.01. The van der Waals surface area contributed by atoms with Gasteiger partial charge < -0.3 is 4.74 Å². The van der Waals surface area contributed by atoms with E-state index in [-0.39, 0.29) is 0 Å². The summed E-state index contributed by atoms with van der Waals surface area (Å²) in [6, 6.07) is 16.9. The average Bonchev–Trinajstić information content (AvgIpc) is 2.90. The molecule has 0 N–H and O–H groups in total. The van der Waals surface area contributed by atoms with Crippen LogP contribution in [0.4, 0.5) is 0 Å². The highest BCUT2D eigenvalue weighted by atomic mass is 32.1. The van der Waals surface area contributed by atoms with E-state index in [2.05, 4.69) is 62.4 Å². The third-order valence-electron chi connectivity index (χ3n) is 6.83. The zero-order chi connectivity index (χ0) is 25.7. The number of thiocarbonyl (C=S) groups is 1. The Balaban J connectivity index is 1.53. The molecule has 0 aromatic heterocycles. The van der Waals surface area contributed by atoms with Crippen molar-refractivity contribution in [1.82, 2.24) is 0 Å². The average molecular weight is 507 g/mol. The van der Waals surface area contributed by atoms with Gasteiger partial charge in [0.25, 0.3) is 0 Å². The predicted octanol–water partition coefficient (Wildman–Crippen LogP) is 10.9. The summed E-state index contributed by atoms with van der Waals surface area (Å²) in [6.45, 7) is 5.30.